The van der Waals surface area contributed by atoms with Crippen molar-refractivity contribution in [2.75, 3.05) is 11.9 Å². The van der Waals surface area contributed by atoms with Crippen molar-refractivity contribution < 1.29 is 19.1 Å². The summed E-state index contributed by atoms with van der Waals surface area (Å²) in [5.41, 5.74) is 2.41. The van der Waals surface area contributed by atoms with Crippen LogP contribution in [0.5, 0.6) is 0 Å². The lowest BCUT2D eigenvalue weighted by atomic mass is 10.1. The van der Waals surface area contributed by atoms with E-state index in [0.29, 0.717) is 22.2 Å². The van der Waals surface area contributed by atoms with Crippen LogP contribution in [0.3, 0.4) is 0 Å². The molecule has 0 bridgehead atoms. The van der Waals surface area contributed by atoms with Gasteiger partial charge in [0.05, 0.1) is 22.5 Å². The van der Waals surface area contributed by atoms with Crippen molar-refractivity contribution in [2.24, 2.45) is 15.9 Å². The molecule has 1 aliphatic heterocycles. The Hall–Kier alpha value is -2.00. The summed E-state index contributed by atoms with van der Waals surface area (Å²) in [4.78, 5) is 46.4. The van der Waals surface area contributed by atoms with Gasteiger partial charge in [0.1, 0.15) is 5.00 Å². The van der Waals surface area contributed by atoms with E-state index in [1.165, 1.54) is 23.1 Å². The number of anilines is 1. The van der Waals surface area contributed by atoms with Gasteiger partial charge in [-0.15, -0.1) is 11.3 Å². The molecule has 0 aromatic carbocycles. The van der Waals surface area contributed by atoms with Crippen LogP contribution < -0.4 is 5.32 Å². The van der Waals surface area contributed by atoms with Gasteiger partial charge in [0.15, 0.2) is 0 Å². The SMILES string of the molecule is CCOC(=O)c1c(NC(=O)C(C)SC2=NC(=O)N=C3CCCC32)sc2c1CCC2. The number of esters is 1. The molecule has 1 fully saturated rings. The van der Waals surface area contributed by atoms with Crippen molar-refractivity contribution in [3.8, 4) is 0 Å². The summed E-state index contributed by atoms with van der Waals surface area (Å²) in [5.74, 6) is -0.525. The molecule has 4 rings (SSSR count). The van der Waals surface area contributed by atoms with E-state index in [1.807, 2.05) is 0 Å². The molecule has 2 atom stereocenters. The molecule has 3 aliphatic rings. The third-order valence-corrected chi connectivity index (χ3v) is 7.77. The van der Waals surface area contributed by atoms with Crippen LogP contribution in [0.25, 0.3) is 0 Å². The van der Waals surface area contributed by atoms with Crippen LogP contribution in [0.2, 0.25) is 0 Å². The second-order valence-electron chi connectivity index (χ2n) is 7.31. The summed E-state index contributed by atoms with van der Waals surface area (Å²) in [6, 6.07) is -0.479. The van der Waals surface area contributed by atoms with Crippen LogP contribution in [-0.2, 0) is 22.4 Å². The number of amides is 3. The molecule has 154 valence electrons. The fourth-order valence-electron chi connectivity index (χ4n) is 4.02. The summed E-state index contributed by atoms with van der Waals surface area (Å²) in [6.07, 6.45) is 5.50. The molecule has 1 aromatic rings. The monoisotopic (exact) mass is 433 g/mol. The van der Waals surface area contributed by atoms with E-state index < -0.39 is 11.3 Å². The van der Waals surface area contributed by atoms with Crippen molar-refractivity contribution in [1.29, 1.82) is 0 Å². The number of carbonyl (C=O) groups is 3. The maximum atomic E-state index is 12.9. The zero-order valence-electron chi connectivity index (χ0n) is 16.4. The van der Waals surface area contributed by atoms with Gasteiger partial charge in [-0.25, -0.2) is 14.6 Å². The molecule has 7 nitrogen and oxygen atoms in total. The summed E-state index contributed by atoms with van der Waals surface area (Å²) in [5, 5.41) is 3.72. The molecule has 3 amide bonds. The molecule has 9 heteroatoms. The lowest BCUT2D eigenvalue weighted by molar-refractivity contribution is -0.115. The van der Waals surface area contributed by atoms with E-state index in [-0.39, 0.29) is 17.8 Å². The molecule has 0 spiro atoms. The van der Waals surface area contributed by atoms with Crippen molar-refractivity contribution in [3.63, 3.8) is 0 Å². The Morgan fingerprint density at radius 2 is 2.10 bits per heavy atom. The summed E-state index contributed by atoms with van der Waals surface area (Å²) >= 11 is 2.77. The summed E-state index contributed by atoms with van der Waals surface area (Å²) < 4.78 is 5.22. The van der Waals surface area contributed by atoms with E-state index in [2.05, 4.69) is 15.3 Å². The molecule has 0 radical (unpaired) electrons. The van der Waals surface area contributed by atoms with Crippen LogP contribution in [0.15, 0.2) is 9.98 Å². The molecule has 2 heterocycles. The van der Waals surface area contributed by atoms with E-state index in [0.717, 1.165) is 54.7 Å². The highest BCUT2D eigenvalue weighted by Crippen LogP contribution is 2.40. The number of thiophene rings is 1. The predicted molar refractivity (Wildman–Crippen MR) is 116 cm³/mol. The van der Waals surface area contributed by atoms with E-state index in [9.17, 15) is 14.4 Å². The molecule has 29 heavy (non-hydrogen) atoms. The minimum Gasteiger partial charge on any atom is -0.462 e. The van der Waals surface area contributed by atoms with E-state index in [1.54, 1.807) is 13.8 Å². The van der Waals surface area contributed by atoms with Gasteiger partial charge in [-0.1, -0.05) is 11.8 Å². The van der Waals surface area contributed by atoms with Gasteiger partial charge in [-0.05, 0) is 57.9 Å². The number of nitrogens with zero attached hydrogens (tertiary/aromatic N) is 2. The van der Waals surface area contributed by atoms with Crippen molar-refractivity contribution in [2.45, 2.75) is 57.6 Å². The number of ether oxygens (including phenoxy) is 1. The zero-order chi connectivity index (χ0) is 20.5. The number of aryl methyl sites for hydroxylation is 1. The zero-order valence-corrected chi connectivity index (χ0v) is 18.1. The molecular weight excluding hydrogens is 410 g/mol. The van der Waals surface area contributed by atoms with Crippen molar-refractivity contribution in [3.05, 3.63) is 16.0 Å². The molecule has 1 saturated carbocycles. The largest absolute Gasteiger partial charge is 0.462 e. The number of carbonyl (C=O) groups excluding carboxylic acids is 3. The smallest absolute Gasteiger partial charge is 0.367 e. The fraction of sp³-hybridized carbons (Fsp3) is 0.550. The Morgan fingerprint density at radius 1 is 1.28 bits per heavy atom. The molecular formula is C20H23N3O4S2. The minimum absolute atomic E-state index is 0.0635. The van der Waals surface area contributed by atoms with E-state index >= 15 is 0 Å². The van der Waals surface area contributed by atoms with Crippen LogP contribution in [-0.4, -0.2) is 40.5 Å². The highest BCUT2D eigenvalue weighted by Gasteiger charge is 2.34. The minimum atomic E-state index is -0.479. The highest BCUT2D eigenvalue weighted by molar-refractivity contribution is 8.15. The lowest BCUT2D eigenvalue weighted by Crippen LogP contribution is -2.29. The van der Waals surface area contributed by atoms with Crippen LogP contribution >= 0.6 is 23.1 Å². The Balaban J connectivity index is 1.48. The fourth-order valence-corrected chi connectivity index (χ4v) is 6.37. The predicted octanol–water partition coefficient (Wildman–Crippen LogP) is 4.25. The van der Waals surface area contributed by atoms with Crippen LogP contribution in [0, 0.1) is 5.92 Å². The third-order valence-electron chi connectivity index (χ3n) is 5.38. The number of rotatable bonds is 5. The first-order valence-electron chi connectivity index (χ1n) is 9.97. The van der Waals surface area contributed by atoms with Gasteiger partial charge >= 0.3 is 12.0 Å². The quantitative estimate of drug-likeness (QED) is 0.700. The topological polar surface area (TPSA) is 97.2 Å². The Morgan fingerprint density at radius 3 is 2.90 bits per heavy atom. The number of hydrogen-bond acceptors (Lipinski definition) is 6. The third kappa shape index (κ3) is 4.02. The lowest BCUT2D eigenvalue weighted by Gasteiger charge is -2.19. The average Bonchev–Trinajstić information content (AvgIpc) is 3.37. The first-order valence-corrected chi connectivity index (χ1v) is 11.7. The number of fused-ring (bicyclic) bond motifs is 2. The number of thioether (sulfide) groups is 1. The van der Waals surface area contributed by atoms with Crippen molar-refractivity contribution in [1.82, 2.24) is 0 Å². The number of nitrogens with one attached hydrogen (secondary N) is 1. The summed E-state index contributed by atoms with van der Waals surface area (Å²) in [6.45, 7) is 3.86. The first kappa shape index (κ1) is 20.3. The van der Waals surface area contributed by atoms with Gasteiger partial charge in [-0.2, -0.15) is 4.99 Å². The second-order valence-corrected chi connectivity index (χ2v) is 9.78. The molecule has 1 aromatic heterocycles. The molecule has 1 N–H and O–H groups in total. The maximum Gasteiger partial charge on any atom is 0.367 e. The van der Waals surface area contributed by atoms with Crippen molar-refractivity contribution >= 4 is 56.8 Å². The van der Waals surface area contributed by atoms with Gasteiger partial charge in [0.25, 0.3) is 0 Å². The first-order chi connectivity index (χ1) is 14.0. The highest BCUT2D eigenvalue weighted by atomic mass is 32.2. The normalized spacial score (nSPS) is 21.2. The number of hydrogen-bond donors (Lipinski definition) is 1. The van der Waals surface area contributed by atoms with Gasteiger partial charge in [0, 0.05) is 16.5 Å². The molecule has 2 unspecified atom stereocenters. The van der Waals surface area contributed by atoms with Gasteiger partial charge < -0.3 is 10.1 Å². The standard InChI is InChI=1S/C20H23N3O4S2/c1-3-27-19(25)15-12-7-5-9-14(12)29-18(15)22-16(24)10(2)28-17-11-6-4-8-13(11)21-20(26)23-17/h10-11H,3-9H2,1-2H3,(H,22,24). The molecule has 2 aliphatic carbocycles. The Kier molecular flexibility index (Phi) is 5.87. The average molecular weight is 434 g/mol. The molecule has 0 saturated heterocycles. The maximum absolute atomic E-state index is 12.9. The second kappa shape index (κ2) is 8.39. The summed E-state index contributed by atoms with van der Waals surface area (Å²) in [7, 11) is 0. The van der Waals surface area contributed by atoms with Gasteiger partial charge in [0.2, 0.25) is 5.91 Å². The van der Waals surface area contributed by atoms with Crippen LogP contribution in [0.4, 0.5) is 9.80 Å². The van der Waals surface area contributed by atoms with E-state index in [4.69, 9.17) is 4.74 Å². The Bertz CT molecular complexity index is 934. The van der Waals surface area contributed by atoms with Crippen LogP contribution in [0.1, 0.15) is 60.3 Å². The number of urea groups is 1. The number of aliphatic imine (C=N–C) groups is 2. The Labute approximate surface area is 177 Å². The van der Waals surface area contributed by atoms with Gasteiger partial charge in [-0.3, -0.25) is 4.79 Å².